The van der Waals surface area contributed by atoms with Gasteiger partial charge in [-0.05, 0) is 30.7 Å². The zero-order valence-electron chi connectivity index (χ0n) is 12.4. The summed E-state index contributed by atoms with van der Waals surface area (Å²) in [5.41, 5.74) is 0.939. The number of carbonyl (C=O) groups excluding carboxylic acids is 1. The molecule has 0 radical (unpaired) electrons. The van der Waals surface area contributed by atoms with Gasteiger partial charge in [0.25, 0.3) is 5.69 Å². The molecule has 2 aromatic rings. The topological polar surface area (TPSA) is 69.4 Å². The maximum absolute atomic E-state index is 11.7. The van der Waals surface area contributed by atoms with Crippen molar-refractivity contribution in [3.05, 3.63) is 75.3 Å². The van der Waals surface area contributed by atoms with E-state index < -0.39 is 10.9 Å². The SMILES string of the molecule is CCOC(=O)c1ccc(C(Cl)=Cc2ccccc2)c([N+](=O)[O-])c1. The first-order valence-electron chi connectivity index (χ1n) is 6.91. The number of hydrogen-bond acceptors (Lipinski definition) is 4. The van der Waals surface area contributed by atoms with E-state index in [9.17, 15) is 14.9 Å². The average molecular weight is 332 g/mol. The molecule has 0 saturated carbocycles. The van der Waals surface area contributed by atoms with Crippen molar-refractivity contribution in [2.45, 2.75) is 6.92 Å². The highest BCUT2D eigenvalue weighted by molar-refractivity contribution is 6.51. The van der Waals surface area contributed by atoms with Gasteiger partial charge in [0.05, 0.1) is 27.7 Å². The summed E-state index contributed by atoms with van der Waals surface area (Å²) in [6, 6.07) is 13.3. The van der Waals surface area contributed by atoms with Crippen LogP contribution in [0.3, 0.4) is 0 Å². The number of hydrogen-bond donors (Lipinski definition) is 0. The number of benzene rings is 2. The van der Waals surface area contributed by atoms with Crippen LogP contribution in [0, 0.1) is 10.1 Å². The first-order chi connectivity index (χ1) is 11.0. The number of nitro benzene ring substituents is 1. The number of esters is 1. The summed E-state index contributed by atoms with van der Waals surface area (Å²) in [5, 5.41) is 11.5. The number of carbonyl (C=O) groups is 1. The normalized spacial score (nSPS) is 11.1. The summed E-state index contributed by atoms with van der Waals surface area (Å²) < 4.78 is 4.85. The summed E-state index contributed by atoms with van der Waals surface area (Å²) in [4.78, 5) is 22.4. The van der Waals surface area contributed by atoms with Gasteiger partial charge in [0.2, 0.25) is 0 Å². The van der Waals surface area contributed by atoms with Crippen molar-refractivity contribution < 1.29 is 14.5 Å². The summed E-state index contributed by atoms with van der Waals surface area (Å²) in [6.07, 6.45) is 1.63. The van der Waals surface area contributed by atoms with Gasteiger partial charge in [-0.15, -0.1) is 0 Å². The zero-order chi connectivity index (χ0) is 16.8. The van der Waals surface area contributed by atoms with Crippen molar-refractivity contribution in [1.29, 1.82) is 0 Å². The van der Waals surface area contributed by atoms with Crippen LogP contribution in [-0.4, -0.2) is 17.5 Å². The molecule has 0 aliphatic heterocycles. The fourth-order valence-electron chi connectivity index (χ4n) is 2.00. The second-order valence-corrected chi connectivity index (χ2v) is 5.02. The quantitative estimate of drug-likeness (QED) is 0.350. The molecule has 0 heterocycles. The molecular formula is C17H14ClNO4. The van der Waals surface area contributed by atoms with E-state index in [1.165, 1.54) is 18.2 Å². The Bertz CT molecular complexity index is 756. The van der Waals surface area contributed by atoms with Crippen molar-refractivity contribution in [2.24, 2.45) is 0 Å². The second-order valence-electron chi connectivity index (χ2n) is 4.61. The van der Waals surface area contributed by atoms with Gasteiger partial charge in [-0.1, -0.05) is 41.9 Å². The van der Waals surface area contributed by atoms with Crippen LogP contribution >= 0.6 is 11.6 Å². The molecule has 2 rings (SSSR count). The molecule has 0 saturated heterocycles. The number of nitro groups is 1. The van der Waals surface area contributed by atoms with Crippen LogP contribution in [0.5, 0.6) is 0 Å². The molecule has 0 aliphatic rings. The maximum Gasteiger partial charge on any atom is 0.338 e. The Morgan fingerprint density at radius 2 is 1.96 bits per heavy atom. The van der Waals surface area contributed by atoms with Crippen LogP contribution in [0.2, 0.25) is 0 Å². The predicted molar refractivity (Wildman–Crippen MR) is 89.2 cm³/mol. The number of rotatable bonds is 5. The maximum atomic E-state index is 11.7. The molecule has 0 amide bonds. The molecule has 0 bridgehead atoms. The third-order valence-corrected chi connectivity index (χ3v) is 3.37. The van der Waals surface area contributed by atoms with Crippen molar-refractivity contribution in [1.82, 2.24) is 0 Å². The average Bonchev–Trinajstić information content (AvgIpc) is 2.55. The van der Waals surface area contributed by atoms with E-state index >= 15 is 0 Å². The van der Waals surface area contributed by atoms with Crippen LogP contribution in [0.1, 0.15) is 28.4 Å². The molecule has 0 atom stereocenters. The molecule has 0 fully saturated rings. The number of ether oxygens (including phenoxy) is 1. The smallest absolute Gasteiger partial charge is 0.338 e. The molecule has 5 nitrogen and oxygen atoms in total. The van der Waals surface area contributed by atoms with Gasteiger partial charge in [0.15, 0.2) is 0 Å². The molecule has 0 unspecified atom stereocenters. The fourth-order valence-corrected chi connectivity index (χ4v) is 2.29. The molecule has 0 N–H and O–H groups in total. The lowest BCUT2D eigenvalue weighted by molar-refractivity contribution is -0.385. The lowest BCUT2D eigenvalue weighted by Crippen LogP contribution is -2.06. The standard InChI is InChI=1S/C17H14ClNO4/c1-2-23-17(20)13-8-9-14(16(11-13)19(21)22)15(18)10-12-6-4-3-5-7-12/h3-11H,2H2,1H3. The molecule has 0 spiro atoms. The largest absolute Gasteiger partial charge is 0.462 e. The Morgan fingerprint density at radius 3 is 2.57 bits per heavy atom. The lowest BCUT2D eigenvalue weighted by atomic mass is 10.1. The Hall–Kier alpha value is -2.66. The first-order valence-corrected chi connectivity index (χ1v) is 7.29. The monoisotopic (exact) mass is 331 g/mol. The Labute approximate surface area is 138 Å². The summed E-state index contributed by atoms with van der Waals surface area (Å²) in [6.45, 7) is 1.86. The van der Waals surface area contributed by atoms with Gasteiger partial charge in [0, 0.05) is 6.07 Å². The Morgan fingerprint density at radius 1 is 1.26 bits per heavy atom. The van der Waals surface area contributed by atoms with Crippen LogP contribution in [0.25, 0.3) is 11.1 Å². The minimum absolute atomic E-state index is 0.117. The molecule has 0 aromatic heterocycles. The third-order valence-electron chi connectivity index (χ3n) is 3.06. The van der Waals surface area contributed by atoms with E-state index in [4.69, 9.17) is 16.3 Å². The minimum Gasteiger partial charge on any atom is -0.462 e. The van der Waals surface area contributed by atoms with Crippen LogP contribution in [0.15, 0.2) is 48.5 Å². The van der Waals surface area contributed by atoms with Gasteiger partial charge in [-0.2, -0.15) is 0 Å². The van der Waals surface area contributed by atoms with E-state index in [0.29, 0.717) is 0 Å². The van der Waals surface area contributed by atoms with Crippen LogP contribution < -0.4 is 0 Å². The van der Waals surface area contributed by atoms with E-state index in [0.717, 1.165) is 5.56 Å². The van der Waals surface area contributed by atoms with Crippen molar-refractivity contribution in [3.8, 4) is 0 Å². The zero-order valence-corrected chi connectivity index (χ0v) is 13.1. The van der Waals surface area contributed by atoms with E-state index in [1.807, 2.05) is 30.3 Å². The Kier molecular flexibility index (Phi) is 5.49. The van der Waals surface area contributed by atoms with E-state index in [-0.39, 0.29) is 28.5 Å². The predicted octanol–water partition coefficient (Wildman–Crippen LogP) is 4.51. The van der Waals surface area contributed by atoms with Crippen LogP contribution in [0.4, 0.5) is 5.69 Å². The van der Waals surface area contributed by atoms with Crippen molar-refractivity contribution in [2.75, 3.05) is 6.61 Å². The van der Waals surface area contributed by atoms with Gasteiger partial charge in [-0.3, -0.25) is 10.1 Å². The highest BCUT2D eigenvalue weighted by Gasteiger charge is 2.20. The fraction of sp³-hybridized carbons (Fsp3) is 0.118. The highest BCUT2D eigenvalue weighted by Crippen LogP contribution is 2.31. The Balaban J connectivity index is 2.44. The van der Waals surface area contributed by atoms with E-state index in [2.05, 4.69) is 0 Å². The summed E-state index contributed by atoms with van der Waals surface area (Å²) >= 11 is 6.22. The van der Waals surface area contributed by atoms with Gasteiger partial charge < -0.3 is 4.74 Å². The summed E-state index contributed by atoms with van der Waals surface area (Å²) in [5.74, 6) is -0.606. The summed E-state index contributed by atoms with van der Waals surface area (Å²) in [7, 11) is 0. The third kappa shape index (κ3) is 4.17. The van der Waals surface area contributed by atoms with Crippen molar-refractivity contribution >= 4 is 34.4 Å². The van der Waals surface area contributed by atoms with Gasteiger partial charge in [-0.25, -0.2) is 4.79 Å². The lowest BCUT2D eigenvalue weighted by Gasteiger charge is -2.05. The molecule has 0 aliphatic carbocycles. The molecule has 2 aromatic carbocycles. The molecule has 6 heteroatoms. The second kappa shape index (κ2) is 7.56. The van der Waals surface area contributed by atoms with Crippen molar-refractivity contribution in [3.63, 3.8) is 0 Å². The number of halogens is 1. The minimum atomic E-state index is -0.606. The highest BCUT2D eigenvalue weighted by atomic mass is 35.5. The molecule has 23 heavy (non-hydrogen) atoms. The van der Waals surface area contributed by atoms with Crippen LogP contribution in [-0.2, 0) is 4.74 Å². The first kappa shape index (κ1) is 16.7. The van der Waals surface area contributed by atoms with Gasteiger partial charge in [0.1, 0.15) is 0 Å². The molecule has 118 valence electrons. The van der Waals surface area contributed by atoms with Gasteiger partial charge >= 0.3 is 5.97 Å². The number of nitrogens with zero attached hydrogens (tertiary/aromatic N) is 1. The van der Waals surface area contributed by atoms with E-state index in [1.54, 1.807) is 13.0 Å². The molecular weight excluding hydrogens is 318 g/mol.